The van der Waals surface area contributed by atoms with Crippen LogP contribution in [0, 0.1) is 11.8 Å². The molecule has 0 radical (unpaired) electrons. The smallest absolute Gasteiger partial charge is 0.306 e. The molecule has 0 aliphatic carbocycles. The summed E-state index contributed by atoms with van der Waals surface area (Å²) in [4.78, 5) is 33.5. The highest BCUT2D eigenvalue weighted by Gasteiger charge is 2.17. The quantitative estimate of drug-likeness (QED) is 0.0598. The zero-order valence-electron chi connectivity index (χ0n) is 28.8. The first-order valence-electron chi connectivity index (χ1n) is 19.1. The third kappa shape index (κ3) is 30.4. The van der Waals surface area contributed by atoms with Crippen molar-refractivity contribution in [3.05, 3.63) is 0 Å². The fraction of sp³-hybridized carbons (Fsp3) is 0.921. The fourth-order valence-electron chi connectivity index (χ4n) is 6.42. The van der Waals surface area contributed by atoms with Gasteiger partial charge in [0.15, 0.2) is 0 Å². The van der Waals surface area contributed by atoms with Crippen molar-refractivity contribution in [2.75, 3.05) is 0 Å². The SMILES string of the molecule is CCCCCCCCC(CCCCCCCCCCCCCCCCCCCCCCC(CCCC(=O)O)C(=O)O)C(=O)O. The van der Waals surface area contributed by atoms with Gasteiger partial charge >= 0.3 is 17.9 Å². The maximum Gasteiger partial charge on any atom is 0.306 e. The van der Waals surface area contributed by atoms with E-state index in [1.807, 2.05) is 0 Å². The topological polar surface area (TPSA) is 112 Å². The van der Waals surface area contributed by atoms with Crippen molar-refractivity contribution in [2.24, 2.45) is 11.8 Å². The largest absolute Gasteiger partial charge is 0.481 e. The molecule has 260 valence electrons. The minimum Gasteiger partial charge on any atom is -0.481 e. The number of aliphatic carboxylic acids is 3. The van der Waals surface area contributed by atoms with Gasteiger partial charge in [-0.1, -0.05) is 174 Å². The number of carboxylic acid groups (broad SMARTS) is 3. The Bertz CT molecular complexity index is 664. The molecular formula is C38H72O6. The van der Waals surface area contributed by atoms with Crippen LogP contribution in [0.5, 0.6) is 0 Å². The van der Waals surface area contributed by atoms with Crippen LogP contribution in [0.15, 0.2) is 0 Å². The van der Waals surface area contributed by atoms with Crippen LogP contribution in [0.25, 0.3) is 0 Å². The van der Waals surface area contributed by atoms with Gasteiger partial charge in [-0.15, -0.1) is 0 Å². The molecule has 0 fully saturated rings. The average molecular weight is 625 g/mol. The van der Waals surface area contributed by atoms with E-state index in [1.165, 1.54) is 141 Å². The first kappa shape index (κ1) is 42.4. The second kappa shape index (κ2) is 32.8. The van der Waals surface area contributed by atoms with Gasteiger partial charge in [0, 0.05) is 6.42 Å². The van der Waals surface area contributed by atoms with E-state index in [4.69, 9.17) is 5.11 Å². The van der Waals surface area contributed by atoms with Crippen molar-refractivity contribution in [3.63, 3.8) is 0 Å². The molecule has 0 spiro atoms. The molecule has 0 saturated heterocycles. The third-order valence-corrected chi connectivity index (χ3v) is 9.40. The standard InChI is InChI=1S/C38H72O6/c1-2-3-4-5-22-25-29-34(37(41)42)30-26-23-20-18-16-14-12-10-8-6-7-9-11-13-15-17-19-21-24-27-31-35(38(43)44)32-28-33-36(39)40/h34-35H,2-33H2,1H3,(H,39,40)(H,41,42)(H,43,44). The molecule has 6 heteroatoms. The van der Waals surface area contributed by atoms with Crippen molar-refractivity contribution in [1.82, 2.24) is 0 Å². The second-order valence-corrected chi connectivity index (χ2v) is 13.6. The van der Waals surface area contributed by atoms with E-state index in [1.54, 1.807) is 0 Å². The van der Waals surface area contributed by atoms with Crippen LogP contribution in [0.4, 0.5) is 0 Å². The van der Waals surface area contributed by atoms with Gasteiger partial charge in [0.1, 0.15) is 0 Å². The van der Waals surface area contributed by atoms with E-state index in [0.29, 0.717) is 19.3 Å². The van der Waals surface area contributed by atoms with Crippen LogP contribution in [0.1, 0.15) is 212 Å². The number of hydrogen-bond acceptors (Lipinski definition) is 3. The number of carbonyl (C=O) groups is 3. The van der Waals surface area contributed by atoms with Gasteiger partial charge < -0.3 is 15.3 Å². The van der Waals surface area contributed by atoms with Crippen molar-refractivity contribution < 1.29 is 29.7 Å². The van der Waals surface area contributed by atoms with Crippen LogP contribution in [0.3, 0.4) is 0 Å². The van der Waals surface area contributed by atoms with E-state index >= 15 is 0 Å². The summed E-state index contributed by atoms with van der Waals surface area (Å²) in [5, 5.41) is 27.5. The monoisotopic (exact) mass is 625 g/mol. The zero-order valence-corrected chi connectivity index (χ0v) is 28.8. The molecule has 0 aromatic rings. The lowest BCUT2D eigenvalue weighted by atomic mass is 9.94. The van der Waals surface area contributed by atoms with E-state index in [0.717, 1.165) is 38.5 Å². The lowest BCUT2D eigenvalue weighted by Gasteiger charge is -2.12. The van der Waals surface area contributed by atoms with E-state index in [9.17, 15) is 24.6 Å². The van der Waals surface area contributed by atoms with Gasteiger partial charge in [0.25, 0.3) is 0 Å². The lowest BCUT2D eigenvalue weighted by molar-refractivity contribution is -0.143. The highest BCUT2D eigenvalue weighted by atomic mass is 16.4. The highest BCUT2D eigenvalue weighted by Crippen LogP contribution is 2.21. The molecule has 6 nitrogen and oxygen atoms in total. The Balaban J connectivity index is 3.38. The summed E-state index contributed by atoms with van der Waals surface area (Å²) in [6.07, 6.45) is 36.2. The Morgan fingerprint density at radius 3 is 0.818 bits per heavy atom. The van der Waals surface area contributed by atoms with E-state index in [-0.39, 0.29) is 18.3 Å². The molecule has 44 heavy (non-hydrogen) atoms. The van der Waals surface area contributed by atoms with E-state index in [2.05, 4.69) is 6.92 Å². The molecule has 0 aliphatic heterocycles. The minimum atomic E-state index is -0.849. The summed E-state index contributed by atoms with van der Waals surface area (Å²) in [6, 6.07) is 0. The molecule has 0 aromatic heterocycles. The molecule has 2 atom stereocenters. The molecule has 0 saturated carbocycles. The maximum atomic E-state index is 11.5. The number of carboxylic acids is 3. The number of hydrogen-bond donors (Lipinski definition) is 3. The van der Waals surface area contributed by atoms with Crippen molar-refractivity contribution in [1.29, 1.82) is 0 Å². The predicted octanol–water partition coefficient (Wildman–Crippen LogP) is 12.0. The predicted molar refractivity (Wildman–Crippen MR) is 183 cm³/mol. The van der Waals surface area contributed by atoms with Crippen LogP contribution in [-0.2, 0) is 14.4 Å². The Hall–Kier alpha value is -1.59. The summed E-state index contributed by atoms with van der Waals surface area (Å²) < 4.78 is 0. The van der Waals surface area contributed by atoms with Crippen LogP contribution < -0.4 is 0 Å². The van der Waals surface area contributed by atoms with Crippen LogP contribution in [-0.4, -0.2) is 33.2 Å². The van der Waals surface area contributed by atoms with Crippen LogP contribution >= 0.6 is 0 Å². The maximum absolute atomic E-state index is 11.5. The highest BCUT2D eigenvalue weighted by molar-refractivity contribution is 5.70. The molecule has 0 amide bonds. The van der Waals surface area contributed by atoms with E-state index < -0.39 is 17.9 Å². The molecule has 0 rings (SSSR count). The molecule has 2 unspecified atom stereocenters. The van der Waals surface area contributed by atoms with Gasteiger partial charge in [-0.2, -0.15) is 0 Å². The molecule has 0 heterocycles. The normalized spacial score (nSPS) is 12.8. The summed E-state index contributed by atoms with van der Waals surface area (Å²) in [5.74, 6) is -2.73. The lowest BCUT2D eigenvalue weighted by Crippen LogP contribution is -2.14. The fourth-order valence-corrected chi connectivity index (χ4v) is 6.42. The molecule has 0 aromatic carbocycles. The first-order chi connectivity index (χ1) is 21.4. The van der Waals surface area contributed by atoms with Gasteiger partial charge in [-0.05, 0) is 32.1 Å². The molecule has 3 N–H and O–H groups in total. The van der Waals surface area contributed by atoms with Crippen molar-refractivity contribution in [3.8, 4) is 0 Å². The average Bonchev–Trinajstić information content (AvgIpc) is 2.98. The Labute approximate surface area is 271 Å². The Morgan fingerprint density at radius 1 is 0.364 bits per heavy atom. The van der Waals surface area contributed by atoms with Gasteiger partial charge in [0.2, 0.25) is 0 Å². The van der Waals surface area contributed by atoms with Crippen molar-refractivity contribution >= 4 is 17.9 Å². The summed E-state index contributed by atoms with van der Waals surface area (Å²) >= 11 is 0. The van der Waals surface area contributed by atoms with Crippen molar-refractivity contribution in [2.45, 2.75) is 212 Å². The number of unbranched alkanes of at least 4 members (excludes halogenated alkanes) is 24. The minimum absolute atomic E-state index is 0.0609. The number of rotatable bonds is 36. The molecular weight excluding hydrogens is 552 g/mol. The third-order valence-electron chi connectivity index (χ3n) is 9.40. The summed E-state index contributed by atoms with van der Waals surface area (Å²) in [7, 11) is 0. The molecule has 0 aliphatic rings. The van der Waals surface area contributed by atoms with Gasteiger partial charge in [-0.3, -0.25) is 14.4 Å². The first-order valence-corrected chi connectivity index (χ1v) is 19.1. The molecule has 0 bridgehead atoms. The van der Waals surface area contributed by atoms with Gasteiger partial charge in [0.05, 0.1) is 11.8 Å². The van der Waals surface area contributed by atoms with Crippen LogP contribution in [0.2, 0.25) is 0 Å². The summed E-state index contributed by atoms with van der Waals surface area (Å²) in [5.41, 5.74) is 0. The Kier molecular flexibility index (Phi) is 31.6. The Morgan fingerprint density at radius 2 is 0.591 bits per heavy atom. The zero-order chi connectivity index (χ0) is 32.5. The van der Waals surface area contributed by atoms with Gasteiger partial charge in [-0.25, -0.2) is 0 Å². The summed E-state index contributed by atoms with van der Waals surface area (Å²) in [6.45, 7) is 2.23. The second-order valence-electron chi connectivity index (χ2n) is 13.6.